The predicted molar refractivity (Wildman–Crippen MR) is 85.3 cm³/mol. The van der Waals surface area contributed by atoms with Crippen molar-refractivity contribution in [2.45, 2.75) is 38.0 Å². The molecule has 1 amide bonds. The maximum absolute atomic E-state index is 13.1. The fourth-order valence-corrected chi connectivity index (χ4v) is 3.00. The van der Waals surface area contributed by atoms with Gasteiger partial charge in [0.2, 0.25) is 5.91 Å². The molecule has 3 nitrogen and oxygen atoms in total. The molecule has 118 valence electrons. The van der Waals surface area contributed by atoms with Gasteiger partial charge in [0.05, 0.1) is 5.41 Å². The van der Waals surface area contributed by atoms with E-state index in [-0.39, 0.29) is 24.1 Å². The summed E-state index contributed by atoms with van der Waals surface area (Å²) in [6.07, 6.45) is 3.81. The number of amides is 1. The van der Waals surface area contributed by atoms with Crippen LogP contribution in [-0.4, -0.2) is 25.5 Å². The lowest BCUT2D eigenvalue weighted by molar-refractivity contribution is -0.126. The second-order valence-electron chi connectivity index (χ2n) is 5.41. The van der Waals surface area contributed by atoms with Crippen molar-refractivity contribution >= 4 is 18.3 Å². The number of likely N-dealkylation sites (N-methyl/N-ethyl adjacent to an activating group) is 1. The van der Waals surface area contributed by atoms with E-state index in [1.54, 1.807) is 12.1 Å². The third kappa shape index (κ3) is 4.17. The first-order valence-electron chi connectivity index (χ1n) is 7.44. The molecular formula is C16H24ClFN2O. The Kier molecular flexibility index (Phi) is 7.12. The molecule has 2 N–H and O–H groups in total. The number of carbonyl (C=O) groups is 1. The smallest absolute Gasteiger partial charge is 0.230 e. The van der Waals surface area contributed by atoms with E-state index in [1.807, 2.05) is 6.92 Å². The fourth-order valence-electron chi connectivity index (χ4n) is 3.00. The van der Waals surface area contributed by atoms with Crippen LogP contribution in [-0.2, 0) is 10.2 Å². The monoisotopic (exact) mass is 314 g/mol. The minimum absolute atomic E-state index is 0. The minimum Gasteiger partial charge on any atom is -0.354 e. The van der Waals surface area contributed by atoms with Gasteiger partial charge in [0.15, 0.2) is 0 Å². The number of carbonyl (C=O) groups excluding carboxylic acids is 1. The summed E-state index contributed by atoms with van der Waals surface area (Å²) in [5.74, 6) is -0.172. The Balaban J connectivity index is 0.00000220. The van der Waals surface area contributed by atoms with Crippen LogP contribution in [0.2, 0.25) is 0 Å². The normalized spacial score (nSPS) is 16.3. The van der Waals surface area contributed by atoms with E-state index in [0.29, 0.717) is 6.54 Å². The molecule has 0 unspecified atom stereocenters. The van der Waals surface area contributed by atoms with Crippen LogP contribution in [0.5, 0.6) is 0 Å². The van der Waals surface area contributed by atoms with Gasteiger partial charge in [-0.3, -0.25) is 4.79 Å². The van der Waals surface area contributed by atoms with E-state index in [9.17, 15) is 9.18 Å². The highest BCUT2D eigenvalue weighted by molar-refractivity contribution is 5.88. The van der Waals surface area contributed by atoms with E-state index in [1.165, 1.54) is 12.1 Å². The molecule has 0 atom stereocenters. The minimum atomic E-state index is -0.458. The number of rotatable bonds is 6. The molecule has 1 aromatic carbocycles. The Morgan fingerprint density at radius 2 is 1.81 bits per heavy atom. The van der Waals surface area contributed by atoms with Crippen molar-refractivity contribution in [3.63, 3.8) is 0 Å². The standard InChI is InChI=1S/C16H23FN2O.ClH/c1-2-18-11-12-19-15(20)16(9-3-4-10-16)13-5-7-14(17)8-6-13;/h5-8,18H,2-4,9-12H2,1H3,(H,19,20);1H. The van der Waals surface area contributed by atoms with Crippen LogP contribution in [0.3, 0.4) is 0 Å². The van der Waals surface area contributed by atoms with Gasteiger partial charge in [-0.25, -0.2) is 4.39 Å². The van der Waals surface area contributed by atoms with Crippen molar-refractivity contribution in [3.05, 3.63) is 35.6 Å². The first kappa shape index (κ1) is 17.9. The summed E-state index contributed by atoms with van der Waals surface area (Å²) in [5, 5.41) is 6.21. The molecule has 0 aromatic heterocycles. The molecule has 0 bridgehead atoms. The van der Waals surface area contributed by atoms with E-state index in [2.05, 4.69) is 10.6 Å². The highest BCUT2D eigenvalue weighted by atomic mass is 35.5. The van der Waals surface area contributed by atoms with Gasteiger partial charge < -0.3 is 10.6 Å². The number of hydrogen-bond donors (Lipinski definition) is 2. The maximum Gasteiger partial charge on any atom is 0.230 e. The Bertz CT molecular complexity index is 444. The van der Waals surface area contributed by atoms with Gasteiger partial charge in [-0.05, 0) is 37.1 Å². The van der Waals surface area contributed by atoms with Gasteiger partial charge in [-0.15, -0.1) is 12.4 Å². The summed E-state index contributed by atoms with van der Waals surface area (Å²) >= 11 is 0. The van der Waals surface area contributed by atoms with Crippen LogP contribution < -0.4 is 10.6 Å². The summed E-state index contributed by atoms with van der Waals surface area (Å²) in [5.41, 5.74) is 0.484. The van der Waals surface area contributed by atoms with Crippen molar-refractivity contribution in [1.82, 2.24) is 10.6 Å². The number of hydrogen-bond acceptors (Lipinski definition) is 2. The van der Waals surface area contributed by atoms with Crippen LogP contribution in [0.25, 0.3) is 0 Å². The molecule has 0 saturated heterocycles. The van der Waals surface area contributed by atoms with Crippen molar-refractivity contribution in [1.29, 1.82) is 0 Å². The van der Waals surface area contributed by atoms with E-state index >= 15 is 0 Å². The Hall–Kier alpha value is -1.13. The molecule has 0 heterocycles. The lowest BCUT2D eigenvalue weighted by Gasteiger charge is -2.28. The zero-order valence-corrected chi connectivity index (χ0v) is 13.3. The van der Waals surface area contributed by atoms with Crippen LogP contribution in [0.4, 0.5) is 4.39 Å². The molecule has 1 aliphatic carbocycles. The zero-order chi connectivity index (χ0) is 14.4. The van der Waals surface area contributed by atoms with Gasteiger partial charge in [0.25, 0.3) is 0 Å². The SMILES string of the molecule is CCNCCNC(=O)C1(c2ccc(F)cc2)CCCC1.Cl. The van der Waals surface area contributed by atoms with E-state index in [0.717, 1.165) is 44.3 Å². The molecule has 21 heavy (non-hydrogen) atoms. The summed E-state index contributed by atoms with van der Waals surface area (Å²) in [7, 11) is 0. The first-order valence-corrected chi connectivity index (χ1v) is 7.44. The number of nitrogens with one attached hydrogen (secondary N) is 2. The average molecular weight is 315 g/mol. The number of benzene rings is 1. The Morgan fingerprint density at radius 1 is 1.19 bits per heavy atom. The van der Waals surface area contributed by atoms with Crippen molar-refractivity contribution in [2.24, 2.45) is 0 Å². The lowest BCUT2D eigenvalue weighted by atomic mass is 9.78. The second-order valence-corrected chi connectivity index (χ2v) is 5.41. The predicted octanol–water partition coefficient (Wildman–Crippen LogP) is 2.79. The first-order chi connectivity index (χ1) is 9.69. The van der Waals surface area contributed by atoms with E-state index in [4.69, 9.17) is 0 Å². The molecule has 0 radical (unpaired) electrons. The topological polar surface area (TPSA) is 41.1 Å². The number of halogens is 2. The fraction of sp³-hybridized carbons (Fsp3) is 0.562. The lowest BCUT2D eigenvalue weighted by Crippen LogP contribution is -2.44. The van der Waals surface area contributed by atoms with Gasteiger partial charge in [0, 0.05) is 13.1 Å². The molecule has 1 saturated carbocycles. The molecule has 0 aliphatic heterocycles. The van der Waals surface area contributed by atoms with Crippen LogP contribution >= 0.6 is 12.4 Å². The van der Waals surface area contributed by atoms with Crippen molar-refractivity contribution in [3.8, 4) is 0 Å². The molecule has 1 fully saturated rings. The van der Waals surface area contributed by atoms with Crippen molar-refractivity contribution < 1.29 is 9.18 Å². The molecular weight excluding hydrogens is 291 g/mol. The summed E-state index contributed by atoms with van der Waals surface area (Å²) in [6, 6.07) is 6.40. The summed E-state index contributed by atoms with van der Waals surface area (Å²) in [6.45, 7) is 4.36. The molecule has 0 spiro atoms. The molecule has 1 aromatic rings. The van der Waals surface area contributed by atoms with Crippen LogP contribution in [0, 0.1) is 5.82 Å². The third-order valence-corrected chi connectivity index (χ3v) is 4.13. The van der Waals surface area contributed by atoms with Gasteiger partial charge >= 0.3 is 0 Å². The largest absolute Gasteiger partial charge is 0.354 e. The quantitative estimate of drug-likeness (QED) is 0.793. The van der Waals surface area contributed by atoms with Gasteiger partial charge in [-0.2, -0.15) is 0 Å². The molecule has 5 heteroatoms. The Labute approximate surface area is 132 Å². The maximum atomic E-state index is 13.1. The van der Waals surface area contributed by atoms with Crippen LogP contribution in [0.15, 0.2) is 24.3 Å². The Morgan fingerprint density at radius 3 is 2.38 bits per heavy atom. The highest BCUT2D eigenvalue weighted by Gasteiger charge is 2.42. The van der Waals surface area contributed by atoms with Gasteiger partial charge in [0.1, 0.15) is 5.82 Å². The summed E-state index contributed by atoms with van der Waals surface area (Å²) < 4.78 is 13.1. The molecule has 2 rings (SSSR count). The van der Waals surface area contributed by atoms with E-state index < -0.39 is 5.41 Å². The second kappa shape index (κ2) is 8.35. The molecule has 1 aliphatic rings. The summed E-state index contributed by atoms with van der Waals surface area (Å²) in [4.78, 5) is 12.6. The van der Waals surface area contributed by atoms with Gasteiger partial charge in [-0.1, -0.05) is 31.9 Å². The highest BCUT2D eigenvalue weighted by Crippen LogP contribution is 2.41. The van der Waals surface area contributed by atoms with Crippen molar-refractivity contribution in [2.75, 3.05) is 19.6 Å². The average Bonchev–Trinajstić information content (AvgIpc) is 2.95. The zero-order valence-electron chi connectivity index (χ0n) is 12.5. The third-order valence-electron chi connectivity index (χ3n) is 4.13. The van der Waals surface area contributed by atoms with Crippen LogP contribution in [0.1, 0.15) is 38.2 Å².